The Balaban J connectivity index is 2.00. The predicted octanol–water partition coefficient (Wildman–Crippen LogP) is 2.62. The first-order valence-corrected chi connectivity index (χ1v) is 8.64. The average Bonchev–Trinajstić information content (AvgIpc) is 2.95. The van der Waals surface area contributed by atoms with Crippen LogP contribution in [0.3, 0.4) is 0 Å². The van der Waals surface area contributed by atoms with Crippen LogP contribution in [0.1, 0.15) is 23.9 Å². The van der Waals surface area contributed by atoms with Gasteiger partial charge in [-0.05, 0) is 45.9 Å². The number of hydrogen-bond donors (Lipinski definition) is 3. The molecule has 0 aliphatic rings. The summed E-state index contributed by atoms with van der Waals surface area (Å²) in [5.74, 6) is 0.996. The van der Waals surface area contributed by atoms with Gasteiger partial charge in [0.1, 0.15) is 17.7 Å². The third kappa shape index (κ3) is 4.41. The van der Waals surface area contributed by atoms with E-state index in [4.69, 9.17) is 5.73 Å². The summed E-state index contributed by atoms with van der Waals surface area (Å²) in [4.78, 5) is 20.5. The molecule has 2 heterocycles. The quantitative estimate of drug-likeness (QED) is 0.619. The monoisotopic (exact) mass is 365 g/mol. The molecule has 0 aliphatic carbocycles. The summed E-state index contributed by atoms with van der Waals surface area (Å²) in [5, 5.41) is 10.7. The van der Waals surface area contributed by atoms with Crippen LogP contribution in [0.15, 0.2) is 36.4 Å². The molecule has 1 amide bonds. The van der Waals surface area contributed by atoms with E-state index in [0.717, 1.165) is 17.1 Å². The van der Waals surface area contributed by atoms with Crippen molar-refractivity contribution in [2.75, 3.05) is 10.6 Å². The summed E-state index contributed by atoms with van der Waals surface area (Å²) in [7, 11) is 0. The molecule has 0 radical (unpaired) electrons. The van der Waals surface area contributed by atoms with Crippen molar-refractivity contribution in [1.29, 1.82) is 0 Å². The molecule has 4 N–H and O–H groups in total. The zero-order valence-electron chi connectivity index (χ0n) is 15.8. The fraction of sp³-hybridized carbons (Fsp3) is 0.263. The molecule has 0 unspecified atom stereocenters. The molecule has 0 spiro atoms. The smallest absolute Gasteiger partial charge is 0.254 e. The van der Waals surface area contributed by atoms with E-state index >= 15 is 0 Å². The van der Waals surface area contributed by atoms with Crippen LogP contribution in [0.25, 0.3) is 5.95 Å². The number of nitrogens with one attached hydrogen (secondary N) is 2. The molecule has 8 heteroatoms. The zero-order valence-corrected chi connectivity index (χ0v) is 15.8. The second-order valence-corrected chi connectivity index (χ2v) is 6.54. The van der Waals surface area contributed by atoms with Gasteiger partial charge in [0.15, 0.2) is 0 Å². The molecule has 0 fully saturated rings. The molecule has 1 atom stereocenters. The Hall–Kier alpha value is -3.42. The summed E-state index contributed by atoms with van der Waals surface area (Å²) in [6.45, 7) is 7.55. The molecular formula is C19H23N7O. The van der Waals surface area contributed by atoms with E-state index in [2.05, 4.69) is 25.7 Å². The number of amides is 1. The molecule has 1 aromatic carbocycles. The molecule has 3 rings (SSSR count). The van der Waals surface area contributed by atoms with Crippen LogP contribution in [0.4, 0.5) is 17.3 Å². The minimum atomic E-state index is -0.569. The Morgan fingerprint density at radius 3 is 2.33 bits per heavy atom. The van der Waals surface area contributed by atoms with E-state index in [9.17, 15) is 4.79 Å². The number of hydrogen-bond acceptors (Lipinski definition) is 6. The first-order chi connectivity index (χ1) is 12.8. The number of carbonyl (C=O) groups is 1. The number of benzene rings is 1. The highest BCUT2D eigenvalue weighted by molar-refractivity contribution is 5.82. The molecule has 8 nitrogen and oxygen atoms in total. The zero-order chi connectivity index (χ0) is 19.6. The van der Waals surface area contributed by atoms with E-state index in [1.807, 2.05) is 51.1 Å². The largest absolute Gasteiger partial charge is 0.368 e. The number of aromatic nitrogens is 4. The lowest BCUT2D eigenvalue weighted by molar-refractivity contribution is -0.118. The minimum absolute atomic E-state index is 0.400. The summed E-state index contributed by atoms with van der Waals surface area (Å²) in [5.41, 5.74) is 9.20. The number of primary amides is 1. The molecule has 3 aromatic rings. The van der Waals surface area contributed by atoms with E-state index in [1.165, 1.54) is 5.56 Å². The molecule has 0 saturated carbocycles. The van der Waals surface area contributed by atoms with Gasteiger partial charge in [0.2, 0.25) is 5.91 Å². The summed E-state index contributed by atoms with van der Waals surface area (Å²) < 4.78 is 1.66. The van der Waals surface area contributed by atoms with Crippen molar-refractivity contribution in [3.05, 3.63) is 53.3 Å². The van der Waals surface area contributed by atoms with Crippen LogP contribution < -0.4 is 16.4 Å². The lowest BCUT2D eigenvalue weighted by Crippen LogP contribution is -2.33. The Morgan fingerprint density at radius 2 is 1.74 bits per heavy atom. The number of carbonyl (C=O) groups excluding carboxylic acids is 1. The van der Waals surface area contributed by atoms with Gasteiger partial charge in [0.05, 0.1) is 5.69 Å². The maximum atomic E-state index is 11.4. The van der Waals surface area contributed by atoms with Crippen LogP contribution >= 0.6 is 0 Å². The van der Waals surface area contributed by atoms with E-state index in [-0.39, 0.29) is 0 Å². The molecule has 0 bridgehead atoms. The Bertz CT molecular complexity index is 963. The number of anilines is 3. The van der Waals surface area contributed by atoms with Gasteiger partial charge in [-0.15, -0.1) is 0 Å². The Labute approximate surface area is 157 Å². The SMILES string of the molecule is Cc1ccc(Nc2cc(N[C@@H](C)C(N)=O)nc(-n3nc(C)cc3C)n2)cc1. The van der Waals surface area contributed by atoms with Crippen molar-refractivity contribution in [3.8, 4) is 5.95 Å². The molecule has 140 valence electrons. The third-order valence-electron chi connectivity index (χ3n) is 4.03. The van der Waals surface area contributed by atoms with E-state index in [0.29, 0.717) is 17.6 Å². The second-order valence-electron chi connectivity index (χ2n) is 6.54. The fourth-order valence-electron chi connectivity index (χ4n) is 2.58. The minimum Gasteiger partial charge on any atom is -0.368 e. The normalized spacial score (nSPS) is 11.9. The first-order valence-electron chi connectivity index (χ1n) is 8.64. The van der Waals surface area contributed by atoms with Gasteiger partial charge in [0, 0.05) is 17.4 Å². The van der Waals surface area contributed by atoms with Crippen LogP contribution in [0, 0.1) is 20.8 Å². The van der Waals surface area contributed by atoms with Crippen LogP contribution in [-0.4, -0.2) is 31.7 Å². The van der Waals surface area contributed by atoms with Gasteiger partial charge in [0.25, 0.3) is 5.95 Å². The number of nitrogens with zero attached hydrogens (tertiary/aromatic N) is 4. The van der Waals surface area contributed by atoms with Gasteiger partial charge >= 0.3 is 0 Å². The summed E-state index contributed by atoms with van der Waals surface area (Å²) >= 11 is 0. The topological polar surface area (TPSA) is 111 Å². The van der Waals surface area contributed by atoms with Crippen molar-refractivity contribution in [1.82, 2.24) is 19.7 Å². The first kappa shape index (κ1) is 18.4. The van der Waals surface area contributed by atoms with Gasteiger partial charge in [-0.2, -0.15) is 15.1 Å². The maximum absolute atomic E-state index is 11.4. The molecule has 27 heavy (non-hydrogen) atoms. The van der Waals surface area contributed by atoms with Crippen molar-refractivity contribution >= 4 is 23.2 Å². The highest BCUT2D eigenvalue weighted by Gasteiger charge is 2.14. The van der Waals surface area contributed by atoms with Gasteiger partial charge in [-0.3, -0.25) is 4.79 Å². The van der Waals surface area contributed by atoms with Crippen molar-refractivity contribution < 1.29 is 4.79 Å². The van der Waals surface area contributed by atoms with E-state index < -0.39 is 11.9 Å². The van der Waals surface area contributed by atoms with Crippen LogP contribution in [0.2, 0.25) is 0 Å². The second kappa shape index (κ2) is 7.45. The Kier molecular flexibility index (Phi) is 5.07. The maximum Gasteiger partial charge on any atom is 0.254 e. The van der Waals surface area contributed by atoms with Crippen molar-refractivity contribution in [2.45, 2.75) is 33.7 Å². The van der Waals surface area contributed by atoms with Crippen LogP contribution in [0.5, 0.6) is 0 Å². The van der Waals surface area contributed by atoms with Gasteiger partial charge in [-0.25, -0.2) is 4.68 Å². The number of aryl methyl sites for hydroxylation is 3. The summed E-state index contributed by atoms with van der Waals surface area (Å²) in [6.07, 6.45) is 0. The van der Waals surface area contributed by atoms with Crippen molar-refractivity contribution in [2.24, 2.45) is 5.73 Å². The van der Waals surface area contributed by atoms with Gasteiger partial charge < -0.3 is 16.4 Å². The molecule has 0 aliphatic heterocycles. The average molecular weight is 365 g/mol. The standard InChI is InChI=1S/C19H23N7O/c1-11-5-7-15(8-6-11)22-17-10-16(21-14(4)18(20)27)23-19(24-17)26-13(3)9-12(2)25-26/h5-10,14H,1-4H3,(H2,20,27)(H2,21,22,23,24)/t14-/m0/s1. The molecule has 2 aromatic heterocycles. The van der Waals surface area contributed by atoms with Gasteiger partial charge in [-0.1, -0.05) is 17.7 Å². The highest BCUT2D eigenvalue weighted by atomic mass is 16.1. The molecule has 0 saturated heterocycles. The lowest BCUT2D eigenvalue weighted by Gasteiger charge is -2.14. The molecular weight excluding hydrogens is 342 g/mol. The number of rotatable bonds is 6. The van der Waals surface area contributed by atoms with Crippen LogP contribution in [-0.2, 0) is 4.79 Å². The van der Waals surface area contributed by atoms with Crippen molar-refractivity contribution in [3.63, 3.8) is 0 Å². The number of nitrogens with two attached hydrogens (primary N) is 1. The predicted molar refractivity (Wildman–Crippen MR) is 105 cm³/mol. The highest BCUT2D eigenvalue weighted by Crippen LogP contribution is 2.20. The Morgan fingerprint density at radius 1 is 1.07 bits per heavy atom. The third-order valence-corrected chi connectivity index (χ3v) is 4.03. The fourth-order valence-corrected chi connectivity index (χ4v) is 2.58. The van der Waals surface area contributed by atoms with E-state index in [1.54, 1.807) is 17.7 Å². The summed E-state index contributed by atoms with van der Waals surface area (Å²) in [6, 6.07) is 11.1. The lowest BCUT2D eigenvalue weighted by atomic mass is 10.2.